The zero-order chi connectivity index (χ0) is 13.7. The van der Waals surface area contributed by atoms with E-state index in [0.717, 1.165) is 0 Å². The predicted molar refractivity (Wildman–Crippen MR) is 69.3 cm³/mol. The van der Waals surface area contributed by atoms with E-state index in [2.05, 4.69) is 15.9 Å². The molecular formula is C11H9BrN2O3S. The topological polar surface area (TPSA) is 78.2 Å². The monoisotopic (exact) mass is 328 g/mol. The van der Waals surface area contributed by atoms with E-state index in [9.17, 15) is 13.2 Å². The van der Waals surface area contributed by atoms with Crippen molar-refractivity contribution in [2.24, 2.45) is 0 Å². The molecule has 5 nitrogen and oxygen atoms in total. The molecule has 0 unspecified atom stereocenters. The van der Waals surface area contributed by atoms with Crippen LogP contribution in [0.3, 0.4) is 0 Å². The molecule has 0 spiro atoms. The first-order chi connectivity index (χ1) is 8.23. The van der Waals surface area contributed by atoms with Crippen LogP contribution in [0.25, 0.3) is 0 Å². The number of carbonyl (C=O) groups excluding carboxylic acids is 1. The molecule has 1 saturated heterocycles. The van der Waals surface area contributed by atoms with Gasteiger partial charge in [-0.15, -0.1) is 0 Å². The molecule has 0 aromatic heterocycles. The Kier molecular flexibility index (Phi) is 2.76. The minimum atomic E-state index is -3.73. The summed E-state index contributed by atoms with van der Waals surface area (Å²) in [5.74, 6) is -0.527. The van der Waals surface area contributed by atoms with E-state index in [-0.39, 0.29) is 11.3 Å². The van der Waals surface area contributed by atoms with Crippen LogP contribution >= 0.6 is 15.9 Å². The smallest absolute Gasteiger partial charge is 0.263 e. The summed E-state index contributed by atoms with van der Waals surface area (Å²) in [5.41, 5.74) is 0.238. The van der Waals surface area contributed by atoms with Crippen molar-refractivity contribution < 1.29 is 13.2 Å². The molecule has 1 heterocycles. The van der Waals surface area contributed by atoms with Crippen LogP contribution in [0.1, 0.15) is 19.4 Å². The highest BCUT2D eigenvalue weighted by molar-refractivity contribution is 9.10. The second-order valence-electron chi connectivity index (χ2n) is 4.36. The zero-order valence-corrected chi connectivity index (χ0v) is 12.0. The van der Waals surface area contributed by atoms with Gasteiger partial charge in [-0.05, 0) is 32.0 Å². The lowest BCUT2D eigenvalue weighted by molar-refractivity contribution is -0.120. The first-order valence-electron chi connectivity index (χ1n) is 5.02. The Morgan fingerprint density at radius 3 is 2.50 bits per heavy atom. The fraction of sp³-hybridized carbons (Fsp3) is 0.273. The Bertz CT molecular complexity index is 689. The van der Waals surface area contributed by atoms with Crippen molar-refractivity contribution >= 4 is 37.5 Å². The summed E-state index contributed by atoms with van der Waals surface area (Å²) in [6.45, 7) is 2.71. The summed E-state index contributed by atoms with van der Waals surface area (Å²) in [5, 5.41) is 8.99. The Hall–Kier alpha value is -1.39. The van der Waals surface area contributed by atoms with Gasteiger partial charge in [-0.3, -0.25) is 4.79 Å². The number of anilines is 1. The molecule has 94 valence electrons. The van der Waals surface area contributed by atoms with Crippen molar-refractivity contribution in [3.63, 3.8) is 0 Å². The summed E-state index contributed by atoms with van der Waals surface area (Å²) < 4.78 is 24.0. The van der Waals surface area contributed by atoms with E-state index in [1.807, 2.05) is 6.07 Å². The third kappa shape index (κ3) is 1.49. The lowest BCUT2D eigenvalue weighted by Gasteiger charge is -2.43. The van der Waals surface area contributed by atoms with Gasteiger partial charge in [-0.2, -0.15) is 5.26 Å². The molecule has 0 saturated carbocycles. The molecule has 0 aliphatic carbocycles. The summed E-state index contributed by atoms with van der Waals surface area (Å²) in [7, 11) is -3.73. The number of benzene rings is 1. The van der Waals surface area contributed by atoms with Gasteiger partial charge >= 0.3 is 0 Å². The van der Waals surface area contributed by atoms with Gasteiger partial charge in [0.05, 0.1) is 11.3 Å². The third-order valence-corrected chi connectivity index (χ3v) is 5.68. The fourth-order valence-electron chi connectivity index (χ4n) is 1.67. The summed E-state index contributed by atoms with van der Waals surface area (Å²) in [6, 6.07) is 6.38. The van der Waals surface area contributed by atoms with E-state index >= 15 is 0 Å². The highest BCUT2D eigenvalue weighted by Gasteiger charge is 2.61. The van der Waals surface area contributed by atoms with E-state index < -0.39 is 20.7 Å². The van der Waals surface area contributed by atoms with Crippen molar-refractivity contribution in [1.29, 1.82) is 5.26 Å². The number of carbonyl (C=O) groups is 1. The molecule has 1 fully saturated rings. The Morgan fingerprint density at radius 2 is 2.00 bits per heavy atom. The van der Waals surface area contributed by atoms with Crippen LogP contribution in [0.15, 0.2) is 22.7 Å². The number of hydrogen-bond acceptors (Lipinski definition) is 4. The van der Waals surface area contributed by atoms with Crippen LogP contribution in [0.4, 0.5) is 5.69 Å². The van der Waals surface area contributed by atoms with Gasteiger partial charge in [0.2, 0.25) is 0 Å². The van der Waals surface area contributed by atoms with Crippen molar-refractivity contribution in [2.75, 3.05) is 4.31 Å². The van der Waals surface area contributed by atoms with Crippen LogP contribution in [-0.4, -0.2) is 19.1 Å². The van der Waals surface area contributed by atoms with Crippen molar-refractivity contribution in [1.82, 2.24) is 0 Å². The summed E-state index contributed by atoms with van der Waals surface area (Å²) >= 11 is 3.19. The molecule has 1 aliphatic rings. The quantitative estimate of drug-likeness (QED) is 0.787. The van der Waals surface area contributed by atoms with Crippen LogP contribution in [0, 0.1) is 11.3 Å². The Labute approximate surface area is 113 Å². The first kappa shape index (κ1) is 13.1. The number of sulfonamides is 1. The molecule has 1 amide bonds. The summed E-state index contributed by atoms with van der Waals surface area (Å²) in [6.07, 6.45) is 0. The minimum Gasteiger partial charge on any atom is -0.272 e. The number of amides is 1. The van der Waals surface area contributed by atoms with Crippen LogP contribution in [0.5, 0.6) is 0 Å². The highest BCUT2D eigenvalue weighted by Crippen LogP contribution is 2.40. The van der Waals surface area contributed by atoms with Gasteiger partial charge < -0.3 is 0 Å². The lowest BCUT2D eigenvalue weighted by Crippen LogP contribution is -2.67. The van der Waals surface area contributed by atoms with E-state index in [0.29, 0.717) is 8.78 Å². The molecule has 0 N–H and O–H groups in total. The molecular weight excluding hydrogens is 320 g/mol. The maximum atomic E-state index is 12.0. The van der Waals surface area contributed by atoms with Gasteiger partial charge in [-0.25, -0.2) is 12.7 Å². The van der Waals surface area contributed by atoms with Gasteiger partial charge in [0.1, 0.15) is 6.07 Å². The van der Waals surface area contributed by atoms with Gasteiger partial charge in [0, 0.05) is 4.47 Å². The number of halogens is 1. The van der Waals surface area contributed by atoms with Crippen LogP contribution < -0.4 is 4.31 Å². The first-order valence-corrected chi connectivity index (χ1v) is 7.26. The maximum Gasteiger partial charge on any atom is 0.263 e. The predicted octanol–water partition coefficient (Wildman–Crippen LogP) is 1.78. The Balaban J connectivity index is 2.61. The zero-order valence-electron chi connectivity index (χ0n) is 9.64. The largest absolute Gasteiger partial charge is 0.272 e. The number of nitrogens with zero attached hydrogens (tertiary/aromatic N) is 2. The maximum absolute atomic E-state index is 12.0. The van der Waals surface area contributed by atoms with Crippen molar-refractivity contribution in [3.05, 3.63) is 28.2 Å². The molecule has 7 heteroatoms. The van der Waals surface area contributed by atoms with E-state index in [1.165, 1.54) is 26.0 Å². The van der Waals surface area contributed by atoms with Gasteiger partial charge in [0.15, 0.2) is 4.75 Å². The molecule has 1 aliphatic heterocycles. The summed E-state index contributed by atoms with van der Waals surface area (Å²) in [4.78, 5) is 11.9. The second-order valence-corrected chi connectivity index (χ2v) is 7.61. The van der Waals surface area contributed by atoms with E-state index in [1.54, 1.807) is 6.07 Å². The molecule has 1 aromatic rings. The number of hydrogen-bond donors (Lipinski definition) is 0. The third-order valence-electron chi connectivity index (χ3n) is 2.88. The molecule has 0 radical (unpaired) electrons. The molecule has 2 rings (SSSR count). The lowest BCUT2D eigenvalue weighted by atomic mass is 10.1. The van der Waals surface area contributed by atoms with Crippen molar-refractivity contribution in [3.8, 4) is 6.07 Å². The van der Waals surface area contributed by atoms with Crippen LogP contribution in [0.2, 0.25) is 0 Å². The van der Waals surface area contributed by atoms with Gasteiger partial charge in [-0.1, -0.05) is 15.9 Å². The van der Waals surface area contributed by atoms with Crippen LogP contribution in [-0.2, 0) is 14.8 Å². The number of nitriles is 1. The second kappa shape index (κ2) is 3.80. The van der Waals surface area contributed by atoms with Gasteiger partial charge in [0.25, 0.3) is 15.9 Å². The molecule has 18 heavy (non-hydrogen) atoms. The SMILES string of the molecule is CC1(C)C(=O)N(c2ccc(Br)cc2C#N)S1(=O)=O. The standard InChI is InChI=1S/C11H9BrN2O3S/c1-11(2)10(15)14(18(11,16)17)9-4-3-8(12)5-7(9)6-13/h3-5H,1-2H3. The molecule has 1 aromatic carbocycles. The average molecular weight is 329 g/mol. The Morgan fingerprint density at radius 1 is 1.39 bits per heavy atom. The normalized spacial score (nSPS) is 20.1. The van der Waals surface area contributed by atoms with Crippen molar-refractivity contribution in [2.45, 2.75) is 18.6 Å². The molecule has 0 atom stereocenters. The molecule has 0 bridgehead atoms. The average Bonchev–Trinajstić information content (AvgIpc) is 2.30. The fourth-order valence-corrected chi connectivity index (χ4v) is 3.53. The minimum absolute atomic E-state index is 0.102. The highest BCUT2D eigenvalue weighted by atomic mass is 79.9. The number of rotatable bonds is 1. The van der Waals surface area contributed by atoms with E-state index in [4.69, 9.17) is 5.26 Å².